The molecule has 1 aliphatic rings. The number of aliphatic hydroxyl groups is 1. The zero-order valence-electron chi connectivity index (χ0n) is 9.47. The topological polar surface area (TPSA) is 32.3 Å². The van der Waals surface area contributed by atoms with Gasteiger partial charge in [-0.25, -0.2) is 0 Å². The summed E-state index contributed by atoms with van der Waals surface area (Å²) >= 11 is 0. The first-order valence-corrected chi connectivity index (χ1v) is 6.22. The lowest BCUT2D eigenvalue weighted by atomic mass is 10.0. The molecule has 14 heavy (non-hydrogen) atoms. The first-order chi connectivity index (χ1) is 6.88. The molecule has 0 radical (unpaired) electrons. The fraction of sp³-hybridized carbons (Fsp3) is 1.00. The van der Waals surface area contributed by atoms with Crippen molar-refractivity contribution in [2.45, 2.75) is 57.9 Å². The van der Waals surface area contributed by atoms with E-state index in [1.807, 2.05) is 0 Å². The molecule has 0 spiro atoms. The van der Waals surface area contributed by atoms with E-state index < -0.39 is 0 Å². The van der Waals surface area contributed by atoms with Gasteiger partial charge >= 0.3 is 0 Å². The third kappa shape index (κ3) is 3.97. The maximum atomic E-state index is 8.64. The molecule has 1 rings (SSSR count). The van der Waals surface area contributed by atoms with Crippen molar-refractivity contribution in [3.8, 4) is 0 Å². The minimum Gasteiger partial charge on any atom is -0.396 e. The van der Waals surface area contributed by atoms with Gasteiger partial charge in [-0.2, -0.15) is 0 Å². The van der Waals surface area contributed by atoms with Gasteiger partial charge in [0, 0.05) is 12.6 Å². The Morgan fingerprint density at radius 1 is 1.21 bits per heavy atom. The molecule has 2 heteroatoms. The van der Waals surface area contributed by atoms with Crippen LogP contribution in [-0.4, -0.2) is 24.3 Å². The van der Waals surface area contributed by atoms with Crippen molar-refractivity contribution in [3.63, 3.8) is 0 Å². The largest absolute Gasteiger partial charge is 0.396 e. The molecule has 0 bridgehead atoms. The van der Waals surface area contributed by atoms with E-state index in [0.29, 0.717) is 6.61 Å². The highest BCUT2D eigenvalue weighted by atomic mass is 16.2. The Morgan fingerprint density at radius 2 is 2.07 bits per heavy atom. The molecular formula is C12H25NO. The maximum absolute atomic E-state index is 8.64. The highest BCUT2D eigenvalue weighted by molar-refractivity contribution is 4.81. The van der Waals surface area contributed by atoms with Crippen LogP contribution in [0.25, 0.3) is 0 Å². The van der Waals surface area contributed by atoms with Crippen molar-refractivity contribution in [1.29, 1.82) is 0 Å². The van der Waals surface area contributed by atoms with Crippen LogP contribution in [0.3, 0.4) is 0 Å². The van der Waals surface area contributed by atoms with E-state index in [4.69, 9.17) is 5.11 Å². The van der Waals surface area contributed by atoms with Crippen LogP contribution in [0.4, 0.5) is 0 Å². The summed E-state index contributed by atoms with van der Waals surface area (Å²) in [6, 6.07) is 0.786. The molecule has 2 N–H and O–H groups in total. The van der Waals surface area contributed by atoms with E-state index >= 15 is 0 Å². The van der Waals surface area contributed by atoms with E-state index in [1.54, 1.807) is 0 Å². The van der Waals surface area contributed by atoms with Gasteiger partial charge in [-0.3, -0.25) is 0 Å². The third-order valence-corrected chi connectivity index (χ3v) is 3.42. The van der Waals surface area contributed by atoms with Crippen molar-refractivity contribution in [2.75, 3.05) is 13.2 Å². The van der Waals surface area contributed by atoms with Gasteiger partial charge in [-0.1, -0.05) is 19.8 Å². The number of aliphatic hydroxyl groups excluding tert-OH is 1. The van der Waals surface area contributed by atoms with Crippen LogP contribution in [0, 0.1) is 5.92 Å². The Hall–Kier alpha value is -0.0800. The molecule has 84 valence electrons. The number of nitrogens with one attached hydrogen (secondary N) is 1. The van der Waals surface area contributed by atoms with E-state index in [2.05, 4.69) is 12.2 Å². The summed E-state index contributed by atoms with van der Waals surface area (Å²) in [5.41, 5.74) is 0. The predicted molar refractivity (Wildman–Crippen MR) is 60.4 cm³/mol. The summed E-state index contributed by atoms with van der Waals surface area (Å²) in [5, 5.41) is 12.3. The van der Waals surface area contributed by atoms with Crippen molar-refractivity contribution in [1.82, 2.24) is 5.32 Å². The van der Waals surface area contributed by atoms with Crippen molar-refractivity contribution < 1.29 is 5.11 Å². The number of rotatable bonds is 7. The molecule has 1 fully saturated rings. The monoisotopic (exact) mass is 199 g/mol. The SMILES string of the molecule is CCC1CCCC1NCCCCCO. The molecule has 2 atom stereocenters. The van der Waals surface area contributed by atoms with E-state index in [9.17, 15) is 0 Å². The van der Waals surface area contributed by atoms with Gasteiger partial charge in [0.25, 0.3) is 0 Å². The number of hydrogen-bond acceptors (Lipinski definition) is 2. The van der Waals surface area contributed by atoms with Gasteiger partial charge in [0.2, 0.25) is 0 Å². The lowest BCUT2D eigenvalue weighted by Crippen LogP contribution is -2.32. The van der Waals surface area contributed by atoms with Gasteiger partial charge < -0.3 is 10.4 Å². The van der Waals surface area contributed by atoms with E-state index in [-0.39, 0.29) is 0 Å². The van der Waals surface area contributed by atoms with Crippen LogP contribution >= 0.6 is 0 Å². The highest BCUT2D eigenvalue weighted by Gasteiger charge is 2.24. The second-order valence-electron chi connectivity index (χ2n) is 4.44. The molecule has 0 aliphatic heterocycles. The van der Waals surface area contributed by atoms with Crippen LogP contribution in [0.15, 0.2) is 0 Å². The fourth-order valence-corrected chi connectivity index (χ4v) is 2.50. The Balaban J connectivity index is 2.00. The standard InChI is InChI=1S/C12H25NO/c1-2-11-7-6-8-12(11)13-9-4-3-5-10-14/h11-14H,2-10H2,1H3. The molecule has 2 unspecified atom stereocenters. The summed E-state index contributed by atoms with van der Waals surface area (Å²) in [6.45, 7) is 3.79. The van der Waals surface area contributed by atoms with Crippen LogP contribution in [-0.2, 0) is 0 Å². The number of unbranched alkanes of at least 4 members (excludes halogenated alkanes) is 2. The molecule has 0 saturated heterocycles. The lowest BCUT2D eigenvalue weighted by Gasteiger charge is -2.19. The summed E-state index contributed by atoms with van der Waals surface area (Å²) in [5.74, 6) is 0.924. The average molecular weight is 199 g/mol. The Morgan fingerprint density at radius 3 is 2.79 bits per heavy atom. The number of hydrogen-bond donors (Lipinski definition) is 2. The summed E-state index contributed by atoms with van der Waals surface area (Å²) in [4.78, 5) is 0. The fourth-order valence-electron chi connectivity index (χ4n) is 2.50. The van der Waals surface area contributed by atoms with Crippen LogP contribution in [0.1, 0.15) is 51.9 Å². The second kappa shape index (κ2) is 7.24. The first kappa shape index (κ1) is 12.0. The highest BCUT2D eigenvalue weighted by Crippen LogP contribution is 2.27. The maximum Gasteiger partial charge on any atom is 0.0431 e. The Labute approximate surface area is 88.1 Å². The molecular weight excluding hydrogens is 174 g/mol. The normalized spacial score (nSPS) is 27.0. The Bertz CT molecular complexity index is 138. The van der Waals surface area contributed by atoms with E-state index in [0.717, 1.165) is 31.3 Å². The average Bonchev–Trinajstić information content (AvgIpc) is 2.65. The second-order valence-corrected chi connectivity index (χ2v) is 4.44. The molecule has 2 nitrogen and oxygen atoms in total. The molecule has 1 aliphatic carbocycles. The molecule has 0 amide bonds. The predicted octanol–water partition coefficient (Wildman–Crippen LogP) is 2.32. The van der Waals surface area contributed by atoms with Crippen LogP contribution < -0.4 is 5.32 Å². The lowest BCUT2D eigenvalue weighted by molar-refractivity contribution is 0.281. The molecule has 0 heterocycles. The van der Waals surface area contributed by atoms with Gasteiger partial charge in [-0.05, 0) is 44.6 Å². The van der Waals surface area contributed by atoms with Crippen molar-refractivity contribution >= 4 is 0 Å². The van der Waals surface area contributed by atoms with Gasteiger partial charge in [-0.15, -0.1) is 0 Å². The van der Waals surface area contributed by atoms with Gasteiger partial charge in [0.15, 0.2) is 0 Å². The third-order valence-electron chi connectivity index (χ3n) is 3.42. The molecule has 0 aromatic heterocycles. The zero-order valence-corrected chi connectivity index (χ0v) is 9.47. The smallest absolute Gasteiger partial charge is 0.0431 e. The summed E-state index contributed by atoms with van der Waals surface area (Å²) < 4.78 is 0. The molecule has 0 aromatic carbocycles. The molecule has 0 aromatic rings. The quantitative estimate of drug-likeness (QED) is 0.617. The van der Waals surface area contributed by atoms with Crippen LogP contribution in [0.5, 0.6) is 0 Å². The molecule has 1 saturated carbocycles. The minimum absolute atomic E-state index is 0.348. The van der Waals surface area contributed by atoms with Crippen molar-refractivity contribution in [2.24, 2.45) is 5.92 Å². The summed E-state index contributed by atoms with van der Waals surface area (Å²) in [6.07, 6.45) is 8.87. The van der Waals surface area contributed by atoms with E-state index in [1.165, 1.54) is 32.1 Å². The van der Waals surface area contributed by atoms with Crippen LogP contribution in [0.2, 0.25) is 0 Å². The van der Waals surface area contributed by atoms with Crippen molar-refractivity contribution in [3.05, 3.63) is 0 Å². The first-order valence-electron chi connectivity index (χ1n) is 6.22. The van der Waals surface area contributed by atoms with Gasteiger partial charge in [0.1, 0.15) is 0 Å². The minimum atomic E-state index is 0.348. The Kier molecular flexibility index (Phi) is 6.20. The van der Waals surface area contributed by atoms with Gasteiger partial charge in [0.05, 0.1) is 0 Å². The zero-order chi connectivity index (χ0) is 10.2. The summed E-state index contributed by atoms with van der Waals surface area (Å²) in [7, 11) is 0.